The smallest absolute Gasteiger partial charge is 0.255 e. The van der Waals surface area contributed by atoms with Crippen molar-refractivity contribution in [1.82, 2.24) is 10.3 Å². The minimum absolute atomic E-state index is 0.113. The standard InChI is InChI=1S/C17H19N5O3/c1-9-5-11(8-21-7-9)16(24)22-17(25-2)12-4-3-10(14(18)19)6-13(12)15(20)23/h3-8,17H,1-2H3,(H3,18,19)(H2,20,23)(H,22,24). The summed E-state index contributed by atoms with van der Waals surface area (Å²) in [6, 6.07) is 6.17. The second-order valence-corrected chi connectivity index (χ2v) is 5.42. The van der Waals surface area contributed by atoms with Crippen molar-refractivity contribution in [3.05, 3.63) is 64.5 Å². The molecule has 1 aromatic heterocycles. The maximum atomic E-state index is 12.4. The molecule has 1 aromatic carbocycles. The van der Waals surface area contributed by atoms with Crippen LogP contribution < -0.4 is 16.8 Å². The van der Waals surface area contributed by atoms with E-state index in [1.165, 1.54) is 19.4 Å². The summed E-state index contributed by atoms with van der Waals surface area (Å²) in [5.74, 6) is -1.32. The van der Waals surface area contributed by atoms with Gasteiger partial charge in [0.05, 0.1) is 5.56 Å². The van der Waals surface area contributed by atoms with Crippen LogP contribution in [0.4, 0.5) is 0 Å². The van der Waals surface area contributed by atoms with Gasteiger partial charge in [0.2, 0.25) is 5.91 Å². The molecule has 0 aliphatic carbocycles. The molecule has 0 aliphatic heterocycles. The van der Waals surface area contributed by atoms with Gasteiger partial charge >= 0.3 is 0 Å². The van der Waals surface area contributed by atoms with Gasteiger partial charge in [-0.2, -0.15) is 0 Å². The largest absolute Gasteiger partial charge is 0.384 e. The summed E-state index contributed by atoms with van der Waals surface area (Å²) in [6.45, 7) is 1.82. The first-order chi connectivity index (χ1) is 11.8. The Kier molecular flexibility index (Phi) is 5.45. The van der Waals surface area contributed by atoms with E-state index in [4.69, 9.17) is 21.6 Å². The number of aromatic nitrogens is 1. The first-order valence-electron chi connectivity index (χ1n) is 7.37. The van der Waals surface area contributed by atoms with Crippen molar-refractivity contribution in [3.8, 4) is 0 Å². The Morgan fingerprint density at radius 1 is 1.20 bits per heavy atom. The number of aryl methyl sites for hydroxylation is 1. The van der Waals surface area contributed by atoms with Gasteiger partial charge in [-0.1, -0.05) is 12.1 Å². The first-order valence-corrected chi connectivity index (χ1v) is 7.37. The zero-order valence-corrected chi connectivity index (χ0v) is 13.9. The molecule has 1 unspecified atom stereocenters. The van der Waals surface area contributed by atoms with Gasteiger partial charge in [0.15, 0.2) is 6.23 Å². The fourth-order valence-electron chi connectivity index (χ4n) is 2.31. The van der Waals surface area contributed by atoms with E-state index in [2.05, 4.69) is 10.3 Å². The van der Waals surface area contributed by atoms with E-state index in [9.17, 15) is 9.59 Å². The van der Waals surface area contributed by atoms with Crippen LogP contribution in [0.3, 0.4) is 0 Å². The molecule has 2 rings (SSSR count). The summed E-state index contributed by atoms with van der Waals surface area (Å²) in [7, 11) is 1.39. The molecule has 0 saturated carbocycles. The average Bonchev–Trinajstić information content (AvgIpc) is 2.58. The van der Waals surface area contributed by atoms with Crippen molar-refractivity contribution in [1.29, 1.82) is 5.41 Å². The number of methoxy groups -OCH3 is 1. The number of carbonyl (C=O) groups excluding carboxylic acids is 2. The van der Waals surface area contributed by atoms with Crippen molar-refractivity contribution in [2.45, 2.75) is 13.2 Å². The van der Waals surface area contributed by atoms with Gasteiger partial charge in [0, 0.05) is 36.2 Å². The van der Waals surface area contributed by atoms with E-state index < -0.39 is 18.0 Å². The third-order valence-electron chi connectivity index (χ3n) is 3.55. The summed E-state index contributed by atoms with van der Waals surface area (Å²) >= 11 is 0. The molecule has 0 saturated heterocycles. The Bertz CT molecular complexity index is 835. The third kappa shape index (κ3) is 4.18. The number of hydrogen-bond donors (Lipinski definition) is 4. The second-order valence-electron chi connectivity index (χ2n) is 5.42. The van der Waals surface area contributed by atoms with Crippen LogP contribution in [0.2, 0.25) is 0 Å². The van der Waals surface area contributed by atoms with E-state index in [0.717, 1.165) is 5.56 Å². The van der Waals surface area contributed by atoms with E-state index >= 15 is 0 Å². The molecule has 2 aromatic rings. The molecule has 0 fully saturated rings. The number of amidine groups is 1. The predicted octanol–water partition coefficient (Wildman–Crippen LogP) is 0.848. The summed E-state index contributed by atoms with van der Waals surface area (Å²) < 4.78 is 5.30. The third-order valence-corrected chi connectivity index (χ3v) is 3.55. The maximum Gasteiger partial charge on any atom is 0.255 e. The van der Waals surface area contributed by atoms with Crippen molar-refractivity contribution in [3.63, 3.8) is 0 Å². The number of nitrogens with one attached hydrogen (secondary N) is 2. The minimum atomic E-state index is -0.906. The molecule has 8 heteroatoms. The Hall–Kier alpha value is -3.26. The molecule has 0 bridgehead atoms. The van der Waals surface area contributed by atoms with Crippen molar-refractivity contribution >= 4 is 17.6 Å². The minimum Gasteiger partial charge on any atom is -0.384 e. The number of carbonyl (C=O) groups is 2. The highest BCUT2D eigenvalue weighted by atomic mass is 16.5. The molecular formula is C17H19N5O3. The Morgan fingerprint density at radius 3 is 2.48 bits per heavy atom. The molecule has 6 N–H and O–H groups in total. The van der Waals surface area contributed by atoms with Crippen molar-refractivity contribution in [2.75, 3.05) is 7.11 Å². The monoisotopic (exact) mass is 341 g/mol. The van der Waals surface area contributed by atoms with Gasteiger partial charge in [-0.3, -0.25) is 20.0 Å². The number of amides is 2. The van der Waals surface area contributed by atoms with Crippen LogP contribution in [0, 0.1) is 12.3 Å². The summed E-state index contributed by atoms with van der Waals surface area (Å²) in [4.78, 5) is 28.1. The molecule has 130 valence electrons. The fraction of sp³-hybridized carbons (Fsp3) is 0.176. The van der Waals surface area contributed by atoms with Gasteiger partial charge in [-0.05, 0) is 24.6 Å². The van der Waals surface area contributed by atoms with Crippen LogP contribution in [-0.4, -0.2) is 29.7 Å². The maximum absolute atomic E-state index is 12.4. The molecule has 0 spiro atoms. The van der Waals surface area contributed by atoms with Gasteiger partial charge in [-0.25, -0.2) is 0 Å². The molecular weight excluding hydrogens is 322 g/mol. The Balaban J connectivity index is 2.35. The Morgan fingerprint density at radius 2 is 1.92 bits per heavy atom. The predicted molar refractivity (Wildman–Crippen MR) is 92.2 cm³/mol. The molecule has 8 nitrogen and oxygen atoms in total. The van der Waals surface area contributed by atoms with Crippen molar-refractivity contribution in [2.24, 2.45) is 11.5 Å². The highest BCUT2D eigenvalue weighted by Gasteiger charge is 2.21. The number of nitrogens with zero attached hydrogens (tertiary/aromatic N) is 1. The number of benzene rings is 1. The van der Waals surface area contributed by atoms with Crippen LogP contribution in [0.25, 0.3) is 0 Å². The average molecular weight is 341 g/mol. The number of primary amides is 1. The molecule has 25 heavy (non-hydrogen) atoms. The first kappa shape index (κ1) is 18.1. The molecule has 0 radical (unpaired) electrons. The topological polar surface area (TPSA) is 144 Å². The second kappa shape index (κ2) is 7.54. The van der Waals surface area contributed by atoms with Crippen LogP contribution >= 0.6 is 0 Å². The number of hydrogen-bond acceptors (Lipinski definition) is 5. The SMILES string of the molecule is COC(NC(=O)c1cncc(C)c1)c1ccc(C(=N)N)cc1C(N)=O. The number of nitrogen functional groups attached to an aromatic ring is 1. The lowest BCUT2D eigenvalue weighted by Crippen LogP contribution is -2.32. The van der Waals surface area contributed by atoms with Crippen molar-refractivity contribution < 1.29 is 14.3 Å². The highest BCUT2D eigenvalue weighted by Crippen LogP contribution is 2.21. The Labute approximate surface area is 144 Å². The van der Waals surface area contributed by atoms with Crippen LogP contribution in [-0.2, 0) is 4.74 Å². The van der Waals surface area contributed by atoms with Gasteiger partial charge < -0.3 is 21.5 Å². The zero-order valence-electron chi connectivity index (χ0n) is 13.9. The lowest BCUT2D eigenvalue weighted by molar-refractivity contribution is 0.0566. The van der Waals surface area contributed by atoms with Gasteiger partial charge in [0.1, 0.15) is 5.84 Å². The van der Waals surface area contributed by atoms with Crippen LogP contribution in [0.5, 0.6) is 0 Å². The lowest BCUT2D eigenvalue weighted by atomic mass is 10.0. The lowest BCUT2D eigenvalue weighted by Gasteiger charge is -2.20. The summed E-state index contributed by atoms with van der Waals surface area (Å²) in [5.41, 5.74) is 12.9. The van der Waals surface area contributed by atoms with Crippen LogP contribution in [0.1, 0.15) is 43.6 Å². The van der Waals surface area contributed by atoms with E-state index in [-0.39, 0.29) is 11.4 Å². The number of pyridine rings is 1. The quantitative estimate of drug-likeness (QED) is 0.350. The number of rotatable bonds is 6. The summed E-state index contributed by atoms with van der Waals surface area (Å²) in [6.07, 6.45) is 2.16. The van der Waals surface area contributed by atoms with Gasteiger partial charge in [-0.15, -0.1) is 0 Å². The van der Waals surface area contributed by atoms with E-state index in [1.807, 2.05) is 6.92 Å². The van der Waals surface area contributed by atoms with Crippen LogP contribution in [0.15, 0.2) is 36.7 Å². The number of nitrogens with two attached hydrogens (primary N) is 2. The number of ether oxygens (including phenoxy) is 1. The fourth-order valence-corrected chi connectivity index (χ4v) is 2.31. The molecule has 0 aliphatic rings. The molecule has 1 heterocycles. The normalized spacial score (nSPS) is 11.6. The molecule has 2 amide bonds. The molecule has 1 atom stereocenters. The summed E-state index contributed by atoms with van der Waals surface area (Å²) in [5, 5.41) is 10.1. The van der Waals surface area contributed by atoms with E-state index in [0.29, 0.717) is 16.7 Å². The van der Waals surface area contributed by atoms with E-state index in [1.54, 1.807) is 24.4 Å². The zero-order chi connectivity index (χ0) is 18.6. The van der Waals surface area contributed by atoms with Gasteiger partial charge in [0.25, 0.3) is 5.91 Å². The highest BCUT2D eigenvalue weighted by molar-refractivity contribution is 6.00.